The molecule has 2 aromatic rings. The number of nitrogens with zero attached hydrogens (tertiary/aromatic N) is 1. The van der Waals surface area contributed by atoms with Crippen molar-refractivity contribution in [1.29, 1.82) is 5.26 Å². The van der Waals surface area contributed by atoms with E-state index in [-0.39, 0.29) is 5.91 Å². The minimum absolute atomic E-state index is 0.277. The molecule has 0 aliphatic heterocycles. The molecule has 1 heterocycles. The minimum Gasteiger partial charge on any atom is -0.497 e. The number of hydrogen-bond acceptors (Lipinski definition) is 5. The average Bonchev–Trinajstić information content (AvgIpc) is 2.96. The molecule has 1 unspecified atom stereocenters. The molecular formula is C19H20N2O3S. The van der Waals surface area contributed by atoms with Crippen LogP contribution in [0.4, 0.5) is 5.00 Å². The second-order valence-electron chi connectivity index (χ2n) is 6.22. The van der Waals surface area contributed by atoms with Gasteiger partial charge in [-0.25, -0.2) is 0 Å². The summed E-state index contributed by atoms with van der Waals surface area (Å²) in [5, 5.41) is 13.1. The fourth-order valence-electron chi connectivity index (χ4n) is 3.07. The van der Waals surface area contributed by atoms with Crippen LogP contribution in [0.2, 0.25) is 0 Å². The molecule has 0 saturated heterocycles. The lowest BCUT2D eigenvalue weighted by Crippen LogP contribution is -2.12. The first kappa shape index (κ1) is 17.3. The zero-order valence-corrected chi connectivity index (χ0v) is 15.3. The molecule has 5 nitrogen and oxygen atoms in total. The van der Waals surface area contributed by atoms with E-state index in [9.17, 15) is 10.1 Å². The predicted octanol–water partition coefficient (Wildman–Crippen LogP) is 4.01. The summed E-state index contributed by atoms with van der Waals surface area (Å²) in [6.45, 7) is 2.22. The molecular weight excluding hydrogens is 336 g/mol. The van der Waals surface area contributed by atoms with E-state index >= 15 is 0 Å². The van der Waals surface area contributed by atoms with Crippen LogP contribution in [0.3, 0.4) is 0 Å². The first-order valence-corrected chi connectivity index (χ1v) is 8.96. The summed E-state index contributed by atoms with van der Waals surface area (Å²) >= 11 is 1.52. The van der Waals surface area contributed by atoms with Crippen LogP contribution in [0.5, 0.6) is 11.5 Å². The van der Waals surface area contributed by atoms with Gasteiger partial charge in [0.15, 0.2) is 0 Å². The molecule has 0 fully saturated rings. The highest BCUT2D eigenvalue weighted by atomic mass is 32.1. The quantitative estimate of drug-likeness (QED) is 0.898. The van der Waals surface area contributed by atoms with Crippen molar-refractivity contribution in [1.82, 2.24) is 0 Å². The fraction of sp³-hybridized carbons (Fsp3) is 0.368. The lowest BCUT2D eigenvalue weighted by Gasteiger charge is -2.17. The van der Waals surface area contributed by atoms with Gasteiger partial charge in [-0.2, -0.15) is 5.26 Å². The Morgan fingerprint density at radius 2 is 1.96 bits per heavy atom. The van der Waals surface area contributed by atoms with Crippen LogP contribution in [0, 0.1) is 17.2 Å². The van der Waals surface area contributed by atoms with Crippen LogP contribution in [0.15, 0.2) is 18.2 Å². The van der Waals surface area contributed by atoms with Gasteiger partial charge in [0, 0.05) is 16.5 Å². The van der Waals surface area contributed by atoms with Gasteiger partial charge < -0.3 is 14.8 Å². The van der Waals surface area contributed by atoms with Crippen molar-refractivity contribution in [3.63, 3.8) is 0 Å². The first-order chi connectivity index (χ1) is 12.0. The number of benzene rings is 1. The molecule has 1 atom stereocenters. The molecule has 1 aromatic heterocycles. The first-order valence-electron chi connectivity index (χ1n) is 8.14. The zero-order chi connectivity index (χ0) is 18.0. The van der Waals surface area contributed by atoms with Gasteiger partial charge in [-0.1, -0.05) is 6.92 Å². The highest BCUT2D eigenvalue weighted by molar-refractivity contribution is 7.16. The van der Waals surface area contributed by atoms with Crippen molar-refractivity contribution >= 4 is 22.2 Å². The number of thiophene rings is 1. The van der Waals surface area contributed by atoms with Crippen molar-refractivity contribution in [3.05, 3.63) is 39.8 Å². The van der Waals surface area contributed by atoms with E-state index in [0.29, 0.717) is 33.5 Å². The lowest BCUT2D eigenvalue weighted by molar-refractivity contribution is 0.102. The molecule has 130 valence electrons. The molecule has 0 bridgehead atoms. The van der Waals surface area contributed by atoms with Gasteiger partial charge in [0.25, 0.3) is 5.91 Å². The summed E-state index contributed by atoms with van der Waals surface area (Å²) in [4.78, 5) is 13.9. The number of rotatable bonds is 4. The van der Waals surface area contributed by atoms with Gasteiger partial charge >= 0.3 is 0 Å². The maximum Gasteiger partial charge on any atom is 0.256 e. The Labute approximate surface area is 151 Å². The Hall–Kier alpha value is -2.52. The van der Waals surface area contributed by atoms with Gasteiger partial charge in [0.05, 0.1) is 19.8 Å². The van der Waals surface area contributed by atoms with Crippen LogP contribution < -0.4 is 14.8 Å². The van der Waals surface area contributed by atoms with Gasteiger partial charge in [0.2, 0.25) is 0 Å². The number of ether oxygens (including phenoxy) is 2. The Bertz CT molecular complexity index is 829. The number of nitriles is 1. The predicted molar refractivity (Wildman–Crippen MR) is 97.7 cm³/mol. The molecule has 0 spiro atoms. The molecule has 0 saturated carbocycles. The zero-order valence-electron chi connectivity index (χ0n) is 14.5. The van der Waals surface area contributed by atoms with Crippen molar-refractivity contribution in [3.8, 4) is 17.6 Å². The minimum atomic E-state index is -0.277. The van der Waals surface area contributed by atoms with Crippen LogP contribution >= 0.6 is 11.3 Å². The third-order valence-corrected chi connectivity index (χ3v) is 5.63. The van der Waals surface area contributed by atoms with Gasteiger partial charge in [0.1, 0.15) is 22.6 Å². The summed E-state index contributed by atoms with van der Waals surface area (Å²) in [7, 11) is 3.08. The molecule has 1 aromatic carbocycles. The largest absolute Gasteiger partial charge is 0.497 e. The topological polar surface area (TPSA) is 71.3 Å². The van der Waals surface area contributed by atoms with E-state index in [1.807, 2.05) is 0 Å². The Kier molecular flexibility index (Phi) is 4.95. The Morgan fingerprint density at radius 1 is 1.28 bits per heavy atom. The SMILES string of the molecule is COc1cc(OC)cc(C(=O)Nc2sc3c(c2C#N)CCC(C)C3)c1. The lowest BCUT2D eigenvalue weighted by atomic mass is 9.88. The van der Waals surface area contributed by atoms with E-state index in [0.717, 1.165) is 24.8 Å². The molecule has 1 aliphatic carbocycles. The van der Waals surface area contributed by atoms with Crippen LogP contribution in [0.25, 0.3) is 0 Å². The number of nitrogens with one attached hydrogen (secondary N) is 1. The average molecular weight is 356 g/mol. The molecule has 0 radical (unpaired) electrons. The van der Waals surface area contributed by atoms with Gasteiger partial charge in [-0.05, 0) is 42.9 Å². The second kappa shape index (κ2) is 7.16. The van der Waals surface area contributed by atoms with Crippen LogP contribution in [0.1, 0.15) is 39.7 Å². The highest BCUT2D eigenvalue weighted by Crippen LogP contribution is 2.39. The number of fused-ring (bicyclic) bond motifs is 1. The molecule has 1 amide bonds. The Balaban J connectivity index is 1.90. The van der Waals surface area contributed by atoms with E-state index in [2.05, 4.69) is 18.3 Å². The second-order valence-corrected chi connectivity index (χ2v) is 7.33. The van der Waals surface area contributed by atoms with Crippen molar-refractivity contribution in [2.24, 2.45) is 5.92 Å². The van der Waals surface area contributed by atoms with E-state index in [4.69, 9.17) is 9.47 Å². The van der Waals surface area contributed by atoms with E-state index in [1.165, 1.54) is 16.2 Å². The third-order valence-electron chi connectivity index (χ3n) is 4.46. The van der Waals surface area contributed by atoms with Gasteiger partial charge in [-0.15, -0.1) is 11.3 Å². The third kappa shape index (κ3) is 3.47. The number of carbonyl (C=O) groups excluding carboxylic acids is 1. The molecule has 3 rings (SSSR count). The normalized spacial score (nSPS) is 15.8. The van der Waals surface area contributed by atoms with Crippen molar-refractivity contribution in [2.75, 3.05) is 19.5 Å². The van der Waals surface area contributed by atoms with Gasteiger partial charge in [-0.3, -0.25) is 4.79 Å². The smallest absolute Gasteiger partial charge is 0.256 e. The molecule has 6 heteroatoms. The summed E-state index contributed by atoms with van der Waals surface area (Å²) < 4.78 is 10.4. The van der Waals surface area contributed by atoms with Crippen molar-refractivity contribution < 1.29 is 14.3 Å². The maximum absolute atomic E-state index is 12.7. The summed E-state index contributed by atoms with van der Waals surface area (Å²) in [6, 6.07) is 7.28. The molecule has 25 heavy (non-hydrogen) atoms. The van der Waals surface area contributed by atoms with Crippen LogP contribution in [-0.4, -0.2) is 20.1 Å². The van der Waals surface area contributed by atoms with Crippen molar-refractivity contribution in [2.45, 2.75) is 26.2 Å². The fourth-order valence-corrected chi connectivity index (χ4v) is 4.43. The van der Waals surface area contributed by atoms with E-state index in [1.54, 1.807) is 32.4 Å². The standard InChI is InChI=1S/C19H20N2O3S/c1-11-4-5-15-16(10-20)19(25-17(15)6-11)21-18(22)12-7-13(23-2)9-14(8-12)24-3/h7-9,11H,4-6H2,1-3H3,(H,21,22). The number of carbonyl (C=O) groups is 1. The molecule has 1 N–H and O–H groups in total. The summed E-state index contributed by atoms with van der Waals surface area (Å²) in [6.07, 6.45) is 2.95. The monoisotopic (exact) mass is 356 g/mol. The number of methoxy groups -OCH3 is 2. The maximum atomic E-state index is 12.7. The number of amides is 1. The number of hydrogen-bond donors (Lipinski definition) is 1. The summed E-state index contributed by atoms with van der Waals surface area (Å²) in [5.41, 5.74) is 2.14. The Morgan fingerprint density at radius 3 is 2.56 bits per heavy atom. The number of anilines is 1. The molecule has 1 aliphatic rings. The highest BCUT2D eigenvalue weighted by Gasteiger charge is 2.25. The van der Waals surface area contributed by atoms with E-state index < -0.39 is 0 Å². The summed E-state index contributed by atoms with van der Waals surface area (Å²) in [5.74, 6) is 1.43. The van der Waals surface area contributed by atoms with Crippen LogP contribution in [-0.2, 0) is 12.8 Å².